The van der Waals surface area contributed by atoms with Crippen LogP contribution in [0.15, 0.2) is 78.4 Å². The van der Waals surface area contributed by atoms with Crippen molar-refractivity contribution in [1.29, 1.82) is 0 Å². The van der Waals surface area contributed by atoms with Crippen LogP contribution in [0, 0.1) is 17.0 Å². The Kier molecular flexibility index (Phi) is 7.62. The molecule has 3 aromatic rings. The van der Waals surface area contributed by atoms with Crippen LogP contribution in [0.4, 0.5) is 16.2 Å². The molecule has 4 rings (SSSR count). The van der Waals surface area contributed by atoms with Crippen LogP contribution in [0.1, 0.15) is 16.7 Å². The van der Waals surface area contributed by atoms with Gasteiger partial charge in [-0.1, -0.05) is 30.3 Å². The van der Waals surface area contributed by atoms with Crippen molar-refractivity contribution in [2.75, 3.05) is 12.0 Å². The van der Waals surface area contributed by atoms with Crippen molar-refractivity contribution in [1.82, 2.24) is 5.32 Å². The molecular weight excluding hydrogens is 506 g/mol. The number of nitro groups is 1. The molecule has 0 bridgehead atoms. The van der Waals surface area contributed by atoms with E-state index >= 15 is 0 Å². The number of imide groups is 2. The van der Waals surface area contributed by atoms with Crippen LogP contribution < -0.4 is 19.7 Å². The Morgan fingerprint density at radius 1 is 0.974 bits per heavy atom. The molecule has 0 saturated carbocycles. The van der Waals surface area contributed by atoms with E-state index in [9.17, 15) is 29.3 Å². The minimum absolute atomic E-state index is 0.0596. The molecule has 1 saturated heterocycles. The maximum atomic E-state index is 13.1. The fourth-order valence-corrected chi connectivity index (χ4v) is 3.73. The summed E-state index contributed by atoms with van der Waals surface area (Å²) in [5.41, 5.74) is 1.55. The Bertz CT molecular complexity index is 1570. The van der Waals surface area contributed by atoms with Gasteiger partial charge in [0.1, 0.15) is 5.57 Å². The van der Waals surface area contributed by atoms with Gasteiger partial charge in [0, 0.05) is 18.2 Å². The number of non-ortho nitro benzene ring substituents is 1. The number of nitrogens with zero attached hydrogens (tertiary/aromatic N) is 2. The van der Waals surface area contributed by atoms with E-state index in [0.717, 1.165) is 16.5 Å². The minimum atomic E-state index is -0.856. The summed E-state index contributed by atoms with van der Waals surface area (Å²) in [6, 6.07) is 16.0. The maximum Gasteiger partial charge on any atom is 0.336 e. The molecule has 1 heterocycles. The predicted molar refractivity (Wildman–Crippen MR) is 141 cm³/mol. The van der Waals surface area contributed by atoms with Crippen LogP contribution in [0.2, 0.25) is 0 Å². The molecule has 0 spiro atoms. The molecule has 4 amide bonds. The minimum Gasteiger partial charge on any atom is -0.493 e. The van der Waals surface area contributed by atoms with Crippen molar-refractivity contribution in [2.45, 2.75) is 6.92 Å². The van der Waals surface area contributed by atoms with Gasteiger partial charge in [0.2, 0.25) is 0 Å². The molecule has 0 unspecified atom stereocenters. The van der Waals surface area contributed by atoms with Crippen molar-refractivity contribution in [3.8, 4) is 11.5 Å². The fraction of sp³-hybridized carbons (Fsp3) is 0.0714. The highest BCUT2D eigenvalue weighted by Gasteiger charge is 2.36. The zero-order chi connectivity index (χ0) is 28.1. The molecule has 0 aromatic heterocycles. The first-order valence-electron chi connectivity index (χ1n) is 11.5. The zero-order valence-corrected chi connectivity index (χ0v) is 20.7. The number of ether oxygens (including phenoxy) is 2. The monoisotopic (exact) mass is 527 g/mol. The van der Waals surface area contributed by atoms with E-state index < -0.39 is 28.7 Å². The Morgan fingerprint density at radius 3 is 2.46 bits per heavy atom. The lowest BCUT2D eigenvalue weighted by Crippen LogP contribution is -2.54. The number of urea groups is 1. The van der Waals surface area contributed by atoms with Crippen molar-refractivity contribution in [3.05, 3.63) is 105 Å². The summed E-state index contributed by atoms with van der Waals surface area (Å²) in [7, 11) is 1.35. The van der Waals surface area contributed by atoms with Gasteiger partial charge in [0.15, 0.2) is 11.5 Å². The molecule has 11 heteroatoms. The van der Waals surface area contributed by atoms with Gasteiger partial charge in [0.05, 0.1) is 17.7 Å². The number of hydrogen-bond acceptors (Lipinski definition) is 8. The molecular formula is C28H21N3O8. The van der Waals surface area contributed by atoms with Gasteiger partial charge >= 0.3 is 12.0 Å². The van der Waals surface area contributed by atoms with Crippen LogP contribution in [-0.4, -0.2) is 35.8 Å². The van der Waals surface area contributed by atoms with Crippen LogP contribution in [0.5, 0.6) is 11.5 Å². The summed E-state index contributed by atoms with van der Waals surface area (Å²) in [5.74, 6) is -2.22. The van der Waals surface area contributed by atoms with Crippen LogP contribution in [0.25, 0.3) is 12.2 Å². The molecule has 11 nitrogen and oxygen atoms in total. The lowest BCUT2D eigenvalue weighted by molar-refractivity contribution is -0.384. The van der Waals surface area contributed by atoms with Crippen molar-refractivity contribution >= 4 is 47.3 Å². The topological polar surface area (TPSA) is 145 Å². The largest absolute Gasteiger partial charge is 0.493 e. The average Bonchev–Trinajstić information content (AvgIpc) is 2.90. The number of amides is 4. The number of aryl methyl sites for hydroxylation is 1. The standard InChI is InChI=1S/C28H21N3O8/c1-17-5-3-7-20(13-17)30-27(34)22(26(33)29-28(30)35)15-19-9-11-23(24(16-19)38-2)39-25(32)12-10-18-6-4-8-21(14-18)31(36)37/h3-16H,1-2H3,(H,29,33,35)/b12-10+,22-15+. The Labute approximate surface area is 222 Å². The zero-order valence-electron chi connectivity index (χ0n) is 20.7. The highest BCUT2D eigenvalue weighted by atomic mass is 16.6. The Balaban J connectivity index is 1.55. The number of anilines is 1. The molecule has 39 heavy (non-hydrogen) atoms. The number of nitrogens with one attached hydrogen (secondary N) is 1. The number of rotatable bonds is 7. The number of methoxy groups -OCH3 is 1. The first kappa shape index (κ1) is 26.5. The van der Waals surface area contributed by atoms with Gasteiger partial charge in [-0.3, -0.25) is 25.0 Å². The van der Waals surface area contributed by atoms with Crippen LogP contribution >= 0.6 is 0 Å². The molecule has 0 radical (unpaired) electrons. The molecule has 196 valence electrons. The highest BCUT2D eigenvalue weighted by molar-refractivity contribution is 6.39. The predicted octanol–water partition coefficient (Wildman–Crippen LogP) is 4.20. The van der Waals surface area contributed by atoms with E-state index in [0.29, 0.717) is 16.8 Å². The number of benzene rings is 3. The van der Waals surface area contributed by atoms with E-state index in [1.807, 2.05) is 13.0 Å². The molecule has 1 aliphatic heterocycles. The van der Waals surface area contributed by atoms with E-state index in [1.165, 1.54) is 55.7 Å². The van der Waals surface area contributed by atoms with Gasteiger partial charge in [0.25, 0.3) is 17.5 Å². The third-order valence-electron chi connectivity index (χ3n) is 5.56. The number of nitro benzene ring substituents is 1. The average molecular weight is 527 g/mol. The lowest BCUT2D eigenvalue weighted by Gasteiger charge is -2.26. The smallest absolute Gasteiger partial charge is 0.336 e. The molecule has 3 aromatic carbocycles. The summed E-state index contributed by atoms with van der Waals surface area (Å²) in [6.45, 7) is 1.81. The van der Waals surface area contributed by atoms with Gasteiger partial charge in [-0.05, 0) is 60.0 Å². The summed E-state index contributed by atoms with van der Waals surface area (Å²) in [5, 5.41) is 13.1. The number of carbonyl (C=O) groups excluding carboxylic acids is 4. The van der Waals surface area contributed by atoms with E-state index in [1.54, 1.807) is 24.3 Å². The van der Waals surface area contributed by atoms with Crippen molar-refractivity contribution in [3.63, 3.8) is 0 Å². The maximum absolute atomic E-state index is 13.1. The fourth-order valence-electron chi connectivity index (χ4n) is 3.73. The summed E-state index contributed by atoms with van der Waals surface area (Å²) in [6.07, 6.45) is 3.77. The Morgan fingerprint density at radius 2 is 1.74 bits per heavy atom. The first-order chi connectivity index (χ1) is 18.7. The number of hydrogen-bond donors (Lipinski definition) is 1. The molecule has 0 atom stereocenters. The summed E-state index contributed by atoms with van der Waals surface area (Å²) in [4.78, 5) is 61.6. The Hall–Kier alpha value is -5.58. The molecule has 1 N–H and O–H groups in total. The molecule has 1 fully saturated rings. The second-order valence-corrected chi connectivity index (χ2v) is 8.31. The normalized spacial score (nSPS) is 14.5. The number of barbiturate groups is 1. The number of esters is 1. The third-order valence-corrected chi connectivity index (χ3v) is 5.56. The molecule has 0 aliphatic carbocycles. The van der Waals surface area contributed by atoms with Crippen LogP contribution in [-0.2, 0) is 14.4 Å². The van der Waals surface area contributed by atoms with E-state index in [-0.39, 0.29) is 22.8 Å². The van der Waals surface area contributed by atoms with Gasteiger partial charge < -0.3 is 9.47 Å². The van der Waals surface area contributed by atoms with Crippen molar-refractivity contribution in [2.24, 2.45) is 0 Å². The van der Waals surface area contributed by atoms with Gasteiger partial charge in [-0.25, -0.2) is 14.5 Å². The second kappa shape index (κ2) is 11.2. The second-order valence-electron chi connectivity index (χ2n) is 8.31. The molecule has 1 aliphatic rings. The summed E-state index contributed by atoms with van der Waals surface area (Å²) < 4.78 is 10.6. The van der Waals surface area contributed by atoms with Gasteiger partial charge in [-0.2, -0.15) is 0 Å². The van der Waals surface area contributed by atoms with Crippen molar-refractivity contribution < 1.29 is 33.6 Å². The number of carbonyl (C=O) groups is 4. The third kappa shape index (κ3) is 6.05. The van der Waals surface area contributed by atoms with Gasteiger partial charge in [-0.15, -0.1) is 0 Å². The first-order valence-corrected chi connectivity index (χ1v) is 11.5. The highest BCUT2D eigenvalue weighted by Crippen LogP contribution is 2.30. The summed E-state index contributed by atoms with van der Waals surface area (Å²) >= 11 is 0. The van der Waals surface area contributed by atoms with Crippen LogP contribution in [0.3, 0.4) is 0 Å². The lowest BCUT2D eigenvalue weighted by atomic mass is 10.1. The SMILES string of the molecule is COc1cc(/C=C2\C(=O)NC(=O)N(c3cccc(C)c3)C2=O)ccc1OC(=O)/C=C/c1cccc([N+](=O)[O-])c1. The quantitative estimate of drug-likeness (QED) is 0.120. The van der Waals surface area contributed by atoms with E-state index in [4.69, 9.17) is 9.47 Å². The van der Waals surface area contributed by atoms with E-state index in [2.05, 4.69) is 5.32 Å².